The topological polar surface area (TPSA) is 64.1 Å². The molecule has 5 nitrogen and oxygen atoms in total. The van der Waals surface area contributed by atoms with Crippen LogP contribution in [0.25, 0.3) is 0 Å². The first kappa shape index (κ1) is 14.5. The molecule has 1 saturated heterocycles. The van der Waals surface area contributed by atoms with Gasteiger partial charge in [0, 0.05) is 18.2 Å². The minimum absolute atomic E-state index is 0.230. The van der Waals surface area contributed by atoms with Crippen LogP contribution in [-0.2, 0) is 4.74 Å². The number of alkyl halides is 1. The molecule has 1 aliphatic heterocycles. The van der Waals surface area contributed by atoms with E-state index in [0.717, 1.165) is 0 Å². The van der Waals surface area contributed by atoms with Crippen molar-refractivity contribution in [1.82, 2.24) is 9.55 Å². The zero-order valence-electron chi connectivity index (χ0n) is 11.4. The second-order valence-corrected chi connectivity index (χ2v) is 5.06. The Bertz CT molecular complexity index is 639. The number of rotatable bonds is 3. The Morgan fingerprint density at radius 2 is 2.30 bits per heavy atom. The average molecular weight is 280 g/mol. The number of hydrogen-bond donors (Lipinski definition) is 1. The summed E-state index contributed by atoms with van der Waals surface area (Å²) in [5.41, 5.74) is -2.10. The molecule has 108 valence electrons. The summed E-state index contributed by atoms with van der Waals surface area (Å²) in [6, 6.07) is 1.21. The van der Waals surface area contributed by atoms with Crippen LogP contribution >= 0.6 is 0 Å². The lowest BCUT2D eigenvalue weighted by molar-refractivity contribution is -0.0998. The molecule has 0 saturated carbocycles. The van der Waals surface area contributed by atoms with Gasteiger partial charge in [-0.3, -0.25) is 14.3 Å². The summed E-state index contributed by atoms with van der Waals surface area (Å²) in [7, 11) is 0. The first-order valence-electron chi connectivity index (χ1n) is 6.50. The number of terminal acetylenes is 1. The van der Waals surface area contributed by atoms with Crippen molar-refractivity contribution < 1.29 is 9.13 Å². The summed E-state index contributed by atoms with van der Waals surface area (Å²) in [4.78, 5) is 25.1. The Hall–Kier alpha value is -1.87. The van der Waals surface area contributed by atoms with Gasteiger partial charge in [0.25, 0.3) is 5.56 Å². The van der Waals surface area contributed by atoms with Crippen molar-refractivity contribution in [3.05, 3.63) is 33.1 Å². The third-order valence-electron chi connectivity index (χ3n) is 4.17. The number of halogens is 1. The molecule has 0 aromatic carbocycles. The Labute approximate surface area is 115 Å². The lowest BCUT2D eigenvalue weighted by Crippen LogP contribution is -2.37. The summed E-state index contributed by atoms with van der Waals surface area (Å²) in [5, 5.41) is 0. The molecule has 0 spiro atoms. The van der Waals surface area contributed by atoms with Crippen LogP contribution in [-0.4, -0.2) is 21.8 Å². The van der Waals surface area contributed by atoms with Crippen LogP contribution in [0.2, 0.25) is 0 Å². The molecular formula is C14H17FN2O3. The van der Waals surface area contributed by atoms with E-state index in [1.807, 2.05) is 13.8 Å². The number of nitrogens with zero attached hydrogens (tertiary/aromatic N) is 1. The van der Waals surface area contributed by atoms with Crippen molar-refractivity contribution in [3.63, 3.8) is 0 Å². The molecular weight excluding hydrogens is 263 g/mol. The van der Waals surface area contributed by atoms with E-state index in [1.165, 1.54) is 16.8 Å². The van der Waals surface area contributed by atoms with E-state index >= 15 is 0 Å². The second-order valence-electron chi connectivity index (χ2n) is 5.06. The van der Waals surface area contributed by atoms with Crippen molar-refractivity contribution in [3.8, 4) is 12.3 Å². The molecule has 1 aromatic heterocycles. The standard InChI is InChI=1S/C14H17FN2O3/c1-4-10-9(3)14(5-2,8-15)20-12(10)17-7-6-11(18)16-13(17)19/h1,6-7,9-10,12H,5,8H2,2-3H3,(H,16,18,19)/t9-,10-,12+,14-/m0/s1. The van der Waals surface area contributed by atoms with Crippen LogP contribution in [0.1, 0.15) is 26.5 Å². The van der Waals surface area contributed by atoms with Gasteiger partial charge in [-0.05, 0) is 6.42 Å². The molecule has 0 unspecified atom stereocenters. The number of aromatic nitrogens is 2. The number of H-pyrrole nitrogens is 1. The lowest BCUT2D eigenvalue weighted by Gasteiger charge is -2.28. The van der Waals surface area contributed by atoms with Crippen LogP contribution < -0.4 is 11.2 Å². The fourth-order valence-corrected chi connectivity index (χ4v) is 2.73. The summed E-state index contributed by atoms with van der Waals surface area (Å²) in [5.74, 6) is 1.92. The highest BCUT2D eigenvalue weighted by atomic mass is 19.1. The number of nitrogens with one attached hydrogen (secondary N) is 1. The number of ether oxygens (including phenoxy) is 1. The van der Waals surface area contributed by atoms with Gasteiger partial charge in [0.2, 0.25) is 0 Å². The minimum Gasteiger partial charge on any atom is -0.347 e. The second kappa shape index (κ2) is 5.25. The van der Waals surface area contributed by atoms with Gasteiger partial charge in [-0.2, -0.15) is 0 Å². The van der Waals surface area contributed by atoms with Crippen LogP contribution in [0.4, 0.5) is 4.39 Å². The van der Waals surface area contributed by atoms with Gasteiger partial charge in [-0.25, -0.2) is 9.18 Å². The maximum absolute atomic E-state index is 13.4. The molecule has 2 rings (SSSR count). The summed E-state index contributed by atoms with van der Waals surface area (Å²) in [6.45, 7) is 2.98. The van der Waals surface area contributed by atoms with E-state index in [0.29, 0.717) is 6.42 Å². The molecule has 1 aromatic rings. The fourth-order valence-electron chi connectivity index (χ4n) is 2.73. The predicted molar refractivity (Wildman–Crippen MR) is 71.9 cm³/mol. The molecule has 1 N–H and O–H groups in total. The molecule has 6 heteroatoms. The fraction of sp³-hybridized carbons (Fsp3) is 0.571. The molecule has 0 bridgehead atoms. The van der Waals surface area contributed by atoms with Crippen molar-refractivity contribution in [1.29, 1.82) is 0 Å². The summed E-state index contributed by atoms with van der Waals surface area (Å²) in [6.07, 6.45) is 6.54. The van der Waals surface area contributed by atoms with Gasteiger partial charge in [0.1, 0.15) is 12.3 Å². The van der Waals surface area contributed by atoms with Gasteiger partial charge in [0.15, 0.2) is 6.23 Å². The van der Waals surface area contributed by atoms with E-state index < -0.39 is 35.7 Å². The van der Waals surface area contributed by atoms with E-state index in [4.69, 9.17) is 11.2 Å². The first-order valence-corrected chi connectivity index (χ1v) is 6.50. The lowest BCUT2D eigenvalue weighted by atomic mass is 9.81. The van der Waals surface area contributed by atoms with Gasteiger partial charge in [-0.15, -0.1) is 6.42 Å². The van der Waals surface area contributed by atoms with Crippen molar-refractivity contribution >= 4 is 0 Å². The maximum Gasteiger partial charge on any atom is 0.330 e. The zero-order chi connectivity index (χ0) is 14.9. The monoisotopic (exact) mass is 280 g/mol. The minimum atomic E-state index is -0.989. The van der Waals surface area contributed by atoms with Crippen LogP contribution in [0.5, 0.6) is 0 Å². The van der Waals surface area contributed by atoms with E-state index in [9.17, 15) is 14.0 Å². The molecule has 0 radical (unpaired) electrons. The van der Waals surface area contributed by atoms with E-state index in [1.54, 1.807) is 0 Å². The SMILES string of the molecule is C#C[C@@H]1[C@H](n2ccc(=O)[nH]c2=O)O[C@@](CC)(CF)[C@H]1C. The molecule has 0 aliphatic carbocycles. The van der Waals surface area contributed by atoms with Crippen LogP contribution in [0, 0.1) is 24.2 Å². The first-order chi connectivity index (χ1) is 9.49. The van der Waals surface area contributed by atoms with Gasteiger partial charge >= 0.3 is 5.69 Å². The Morgan fingerprint density at radius 3 is 2.80 bits per heavy atom. The number of aromatic amines is 1. The third-order valence-corrected chi connectivity index (χ3v) is 4.17. The largest absolute Gasteiger partial charge is 0.347 e. The van der Waals surface area contributed by atoms with Gasteiger partial charge in [0.05, 0.1) is 5.92 Å². The highest BCUT2D eigenvalue weighted by Crippen LogP contribution is 2.46. The smallest absolute Gasteiger partial charge is 0.330 e. The normalized spacial score (nSPS) is 33.0. The Kier molecular flexibility index (Phi) is 3.82. The van der Waals surface area contributed by atoms with E-state index in [-0.39, 0.29) is 5.92 Å². The van der Waals surface area contributed by atoms with Crippen molar-refractivity contribution in [2.75, 3.05) is 6.67 Å². The van der Waals surface area contributed by atoms with Crippen molar-refractivity contribution in [2.24, 2.45) is 11.8 Å². The summed E-state index contributed by atoms with van der Waals surface area (Å²) < 4.78 is 20.4. The molecule has 1 aliphatic rings. The van der Waals surface area contributed by atoms with Crippen molar-refractivity contribution in [2.45, 2.75) is 32.1 Å². The van der Waals surface area contributed by atoms with Crippen LogP contribution in [0.15, 0.2) is 21.9 Å². The highest BCUT2D eigenvalue weighted by molar-refractivity contribution is 5.09. The third kappa shape index (κ3) is 2.08. The zero-order valence-corrected chi connectivity index (χ0v) is 11.4. The van der Waals surface area contributed by atoms with Gasteiger partial charge < -0.3 is 4.74 Å². The molecule has 1 fully saturated rings. The van der Waals surface area contributed by atoms with Crippen LogP contribution in [0.3, 0.4) is 0 Å². The van der Waals surface area contributed by atoms with Gasteiger partial charge in [-0.1, -0.05) is 19.8 Å². The van der Waals surface area contributed by atoms with E-state index in [2.05, 4.69) is 10.9 Å². The quantitative estimate of drug-likeness (QED) is 0.842. The molecule has 2 heterocycles. The summed E-state index contributed by atoms with van der Waals surface area (Å²) >= 11 is 0. The molecule has 0 amide bonds. The maximum atomic E-state index is 13.4. The average Bonchev–Trinajstić information content (AvgIpc) is 2.71. The predicted octanol–water partition coefficient (Wildman–Crippen LogP) is 1.07. The Balaban J connectivity index is 2.49. The Morgan fingerprint density at radius 1 is 1.60 bits per heavy atom. The molecule has 4 atom stereocenters. The number of hydrogen-bond acceptors (Lipinski definition) is 3. The highest BCUT2D eigenvalue weighted by Gasteiger charge is 2.52. The molecule has 20 heavy (non-hydrogen) atoms.